The lowest BCUT2D eigenvalue weighted by atomic mass is 9.86. The smallest absolute Gasteiger partial charge is 0.258 e. The van der Waals surface area contributed by atoms with Crippen LogP contribution in [0.2, 0.25) is 0 Å². The molecule has 4 aromatic heterocycles. The van der Waals surface area contributed by atoms with Crippen LogP contribution in [0, 0.1) is 35.5 Å². The van der Waals surface area contributed by atoms with Gasteiger partial charge in [0.25, 0.3) is 11.1 Å². The van der Waals surface area contributed by atoms with Gasteiger partial charge in [-0.15, -0.1) is 0 Å². The van der Waals surface area contributed by atoms with Crippen LogP contribution in [0.15, 0.2) is 71.1 Å². The number of allylic oxidation sites excluding steroid dienone is 2. The highest BCUT2D eigenvalue weighted by Gasteiger charge is 2.60. The van der Waals surface area contributed by atoms with Gasteiger partial charge in [-0.1, -0.05) is 24.3 Å². The number of rotatable bonds is 14. The maximum absolute atomic E-state index is 13.5. The number of aryl methyl sites for hydroxylation is 2. The second kappa shape index (κ2) is 19.3. The average Bonchev–Trinajstić information content (AvgIpc) is 4.25. The Kier molecular flexibility index (Phi) is 13.3. The molecule has 6 aliphatic rings. The normalized spacial score (nSPS) is 25.6. The van der Waals surface area contributed by atoms with Crippen LogP contribution in [0.1, 0.15) is 85.5 Å². The minimum absolute atomic E-state index is 0.0177. The number of carbonyl (C=O) groups is 4. The predicted octanol–water partition coefficient (Wildman–Crippen LogP) is 1.75. The Morgan fingerprint density at radius 3 is 1.37 bits per heavy atom. The molecule has 2 saturated carbocycles. The molecule has 18 heteroatoms. The van der Waals surface area contributed by atoms with Gasteiger partial charge in [-0.25, -0.2) is 9.97 Å². The summed E-state index contributed by atoms with van der Waals surface area (Å²) < 4.78 is 7.12. The number of hydrogen-bond acceptors (Lipinski definition) is 10. The van der Waals surface area contributed by atoms with E-state index in [9.17, 15) is 39.0 Å². The molecular weight excluding hydrogens is 869 g/mol. The second-order valence-electron chi connectivity index (χ2n) is 19.2. The summed E-state index contributed by atoms with van der Waals surface area (Å²) in [6.45, 7) is 4.66. The van der Waals surface area contributed by atoms with Crippen molar-refractivity contribution in [3.8, 4) is 0 Å². The van der Waals surface area contributed by atoms with Gasteiger partial charge in [0, 0.05) is 125 Å². The quantitative estimate of drug-likeness (QED) is 0.144. The van der Waals surface area contributed by atoms with E-state index in [4.69, 9.17) is 0 Å². The van der Waals surface area contributed by atoms with Gasteiger partial charge in [0.05, 0.1) is 60.0 Å². The molecule has 0 spiro atoms. The number of nitrogens with zero attached hydrogens (tertiary/aromatic N) is 8. The van der Waals surface area contributed by atoms with Crippen molar-refractivity contribution < 1.29 is 29.4 Å². The summed E-state index contributed by atoms with van der Waals surface area (Å²) in [6, 6.07) is 5.34. The molecule has 8 atom stereocenters. The summed E-state index contributed by atoms with van der Waals surface area (Å²) in [7, 11) is 3.79. The molecule has 2 aliphatic carbocycles. The van der Waals surface area contributed by atoms with Gasteiger partial charge in [0.2, 0.25) is 23.6 Å². The molecule has 4 amide bonds. The van der Waals surface area contributed by atoms with E-state index in [1.54, 1.807) is 46.1 Å². The van der Waals surface area contributed by atoms with Crippen molar-refractivity contribution in [2.75, 3.05) is 26.3 Å². The second-order valence-corrected chi connectivity index (χ2v) is 19.2. The van der Waals surface area contributed by atoms with E-state index in [0.29, 0.717) is 48.4 Å². The lowest BCUT2D eigenvalue weighted by Crippen LogP contribution is -2.49. The molecule has 4 bridgehead atoms. The summed E-state index contributed by atoms with van der Waals surface area (Å²) in [5.74, 6) is -2.49. The number of aliphatic hydroxyl groups is 2. The third-order valence-electron chi connectivity index (χ3n) is 14.7. The molecule has 18 nitrogen and oxygen atoms in total. The zero-order chi connectivity index (χ0) is 48.0. The van der Waals surface area contributed by atoms with Gasteiger partial charge >= 0.3 is 0 Å². The SMILES string of the molecule is C/C=C/c1ccc2n(c1=O)C[C@@H]1[C@@H](CO)[C@H](C(=O)NCCc3cn(C)cn3)[C@H]2N1C(=O)C1CC1.C/C=C\c1ccc2n(c1=O)C[C@@H]1[C@@H](CO)[C@H](C(=O)NCCc3cn(C)cn3)[C@H]2N1C(=O)C1CC1. The van der Waals surface area contributed by atoms with Crippen molar-refractivity contribution in [2.24, 2.45) is 49.6 Å². The monoisotopic (exact) mass is 930 g/mol. The fraction of sp³-hybridized carbons (Fsp3) is 0.520. The zero-order valence-electron chi connectivity index (χ0n) is 39.1. The first kappa shape index (κ1) is 46.7. The average molecular weight is 931 g/mol. The van der Waals surface area contributed by atoms with Crippen LogP contribution in [0.25, 0.3) is 12.2 Å². The Morgan fingerprint density at radius 1 is 0.647 bits per heavy atom. The third kappa shape index (κ3) is 8.67. The van der Waals surface area contributed by atoms with Crippen molar-refractivity contribution >= 4 is 35.8 Å². The maximum atomic E-state index is 13.5. The highest BCUT2D eigenvalue weighted by molar-refractivity contribution is 5.87. The van der Waals surface area contributed by atoms with Gasteiger partial charge in [0.15, 0.2) is 0 Å². The number of aliphatic hydroxyl groups excluding tert-OH is 2. The molecule has 68 heavy (non-hydrogen) atoms. The van der Waals surface area contributed by atoms with E-state index in [1.165, 1.54) is 0 Å². The van der Waals surface area contributed by atoms with Crippen LogP contribution in [-0.4, -0.2) is 110 Å². The summed E-state index contributed by atoms with van der Waals surface area (Å²) >= 11 is 0. The van der Waals surface area contributed by atoms with Crippen molar-refractivity contribution in [3.63, 3.8) is 0 Å². The number of fused-ring (bicyclic) bond motifs is 8. The first-order chi connectivity index (χ1) is 32.9. The van der Waals surface area contributed by atoms with E-state index in [0.717, 1.165) is 37.1 Å². The summed E-state index contributed by atoms with van der Waals surface area (Å²) in [4.78, 5) is 92.2. The molecule has 360 valence electrons. The molecule has 0 radical (unpaired) electrons. The molecular formula is C50H62N10O8. The number of aromatic nitrogens is 6. The topological polar surface area (TPSA) is 219 Å². The van der Waals surface area contributed by atoms with Crippen molar-refractivity contribution in [3.05, 3.63) is 116 Å². The molecule has 4 N–H and O–H groups in total. The first-order valence-electron chi connectivity index (χ1n) is 24.0. The van der Waals surface area contributed by atoms with Crippen molar-refractivity contribution in [1.82, 2.24) is 48.7 Å². The minimum Gasteiger partial charge on any atom is -0.396 e. The van der Waals surface area contributed by atoms with Crippen LogP contribution in [0.3, 0.4) is 0 Å². The number of amides is 4. The molecule has 2 saturated heterocycles. The first-order valence-corrected chi connectivity index (χ1v) is 24.0. The van der Waals surface area contributed by atoms with Crippen LogP contribution < -0.4 is 21.8 Å². The Labute approximate surface area is 394 Å². The zero-order valence-corrected chi connectivity index (χ0v) is 39.1. The molecule has 4 aliphatic heterocycles. The third-order valence-corrected chi connectivity index (χ3v) is 14.7. The van der Waals surface area contributed by atoms with E-state index in [1.807, 2.05) is 83.6 Å². The summed E-state index contributed by atoms with van der Waals surface area (Å²) in [5.41, 5.74) is 3.99. The number of imidazole rings is 2. The molecule has 0 unspecified atom stereocenters. The molecule has 0 aromatic carbocycles. The van der Waals surface area contributed by atoms with Crippen LogP contribution in [0.5, 0.6) is 0 Å². The van der Waals surface area contributed by atoms with Crippen molar-refractivity contribution in [1.29, 1.82) is 0 Å². The van der Waals surface area contributed by atoms with Gasteiger partial charge in [-0.3, -0.25) is 28.8 Å². The lowest BCUT2D eigenvalue weighted by molar-refractivity contribution is -0.139. The summed E-state index contributed by atoms with van der Waals surface area (Å²) in [5, 5.41) is 26.7. The van der Waals surface area contributed by atoms with E-state index in [-0.39, 0.29) is 85.0 Å². The minimum atomic E-state index is -0.623. The molecule has 4 fully saturated rings. The fourth-order valence-corrected chi connectivity index (χ4v) is 11.2. The standard InChI is InChI=1S/2C25H31N5O4/c2*1-3-4-15-7-8-19-22-21(23(32)26-10-9-17-11-28(2)14-27-17)18(13-31)20(12-29(19)24(15)33)30(22)25(34)16-5-6-16/h2*3-4,7-8,11,14,16,18,20-22,31H,5-6,9-10,12-13H2,1-2H3,(H,26,32)/b4-3+;4-3-/t2*18-,20-,21+,22+/m11/s1. The van der Waals surface area contributed by atoms with Gasteiger partial charge < -0.3 is 48.9 Å². The Hall–Kier alpha value is -6.40. The number of nitrogens with one attached hydrogen (secondary N) is 2. The Bertz CT molecular complexity index is 2570. The maximum Gasteiger partial charge on any atom is 0.258 e. The van der Waals surface area contributed by atoms with Gasteiger partial charge in [-0.05, 0) is 63.8 Å². The van der Waals surface area contributed by atoms with Crippen LogP contribution in [0.4, 0.5) is 0 Å². The van der Waals surface area contributed by atoms with Crippen molar-refractivity contribution in [2.45, 2.75) is 89.6 Å². The van der Waals surface area contributed by atoms with Gasteiger partial charge in [0.1, 0.15) is 0 Å². The number of pyridine rings is 2. The highest BCUT2D eigenvalue weighted by Crippen LogP contribution is 2.52. The highest BCUT2D eigenvalue weighted by atomic mass is 16.3. The molecule has 8 heterocycles. The molecule has 4 aromatic rings. The predicted molar refractivity (Wildman–Crippen MR) is 251 cm³/mol. The number of hydrogen-bond donors (Lipinski definition) is 4. The van der Waals surface area contributed by atoms with Crippen LogP contribution in [-0.2, 0) is 59.2 Å². The Morgan fingerprint density at radius 2 is 1.04 bits per heavy atom. The number of carbonyl (C=O) groups excluding carboxylic acids is 4. The van der Waals surface area contributed by atoms with E-state index in [2.05, 4.69) is 20.6 Å². The van der Waals surface area contributed by atoms with Gasteiger partial charge in [-0.2, -0.15) is 0 Å². The largest absolute Gasteiger partial charge is 0.396 e. The fourth-order valence-electron chi connectivity index (χ4n) is 11.2. The lowest BCUT2D eigenvalue weighted by Gasteiger charge is -2.38. The van der Waals surface area contributed by atoms with E-state index >= 15 is 0 Å². The van der Waals surface area contributed by atoms with Crippen LogP contribution >= 0.6 is 0 Å². The summed E-state index contributed by atoms with van der Waals surface area (Å²) in [6.07, 6.45) is 19.0. The molecule has 10 rings (SSSR count). The van der Waals surface area contributed by atoms with E-state index < -0.39 is 35.8 Å². The Balaban J connectivity index is 0.000000170.